The lowest BCUT2D eigenvalue weighted by atomic mass is 10.0. The van der Waals surface area contributed by atoms with Crippen molar-refractivity contribution in [3.63, 3.8) is 0 Å². The first-order valence-electron chi connectivity index (χ1n) is 8.67. The van der Waals surface area contributed by atoms with Gasteiger partial charge in [-0.05, 0) is 25.8 Å². The molecule has 142 valence electrons. The SMILES string of the molecule is CCNC(=NCC(CO)c1ccccc1)NCCCNS(=O)(=O)CC. The normalized spacial score (nSPS) is 13.5. The van der Waals surface area contributed by atoms with Crippen molar-refractivity contribution < 1.29 is 13.5 Å². The molecule has 1 atom stereocenters. The van der Waals surface area contributed by atoms with Gasteiger partial charge in [0, 0.05) is 25.6 Å². The van der Waals surface area contributed by atoms with Crippen molar-refractivity contribution in [2.24, 2.45) is 4.99 Å². The van der Waals surface area contributed by atoms with Gasteiger partial charge in [-0.3, -0.25) is 4.99 Å². The van der Waals surface area contributed by atoms with E-state index in [1.807, 2.05) is 37.3 Å². The van der Waals surface area contributed by atoms with Gasteiger partial charge in [-0.15, -0.1) is 0 Å². The molecule has 1 unspecified atom stereocenters. The third-order valence-corrected chi connectivity index (χ3v) is 5.06. The van der Waals surface area contributed by atoms with Gasteiger partial charge >= 0.3 is 0 Å². The highest BCUT2D eigenvalue weighted by Gasteiger charge is 2.10. The zero-order chi connectivity index (χ0) is 18.5. The van der Waals surface area contributed by atoms with E-state index in [4.69, 9.17) is 0 Å². The van der Waals surface area contributed by atoms with Crippen molar-refractivity contribution in [3.05, 3.63) is 35.9 Å². The summed E-state index contributed by atoms with van der Waals surface area (Å²) in [6.45, 7) is 5.82. The minimum atomic E-state index is -3.14. The summed E-state index contributed by atoms with van der Waals surface area (Å²) in [4.78, 5) is 4.52. The van der Waals surface area contributed by atoms with E-state index in [-0.39, 0.29) is 18.3 Å². The summed E-state index contributed by atoms with van der Waals surface area (Å²) in [5.41, 5.74) is 1.05. The molecule has 0 saturated heterocycles. The van der Waals surface area contributed by atoms with E-state index >= 15 is 0 Å². The number of aliphatic hydroxyl groups excluding tert-OH is 1. The number of hydrogen-bond donors (Lipinski definition) is 4. The van der Waals surface area contributed by atoms with E-state index in [9.17, 15) is 13.5 Å². The van der Waals surface area contributed by atoms with Crippen molar-refractivity contribution in [2.45, 2.75) is 26.2 Å². The van der Waals surface area contributed by atoms with Gasteiger partial charge in [-0.25, -0.2) is 13.1 Å². The van der Waals surface area contributed by atoms with E-state index in [0.29, 0.717) is 32.0 Å². The molecule has 0 saturated carbocycles. The van der Waals surface area contributed by atoms with E-state index in [1.165, 1.54) is 0 Å². The summed E-state index contributed by atoms with van der Waals surface area (Å²) in [6.07, 6.45) is 0.658. The molecular formula is C17H30N4O3S. The average molecular weight is 371 g/mol. The van der Waals surface area contributed by atoms with Crippen molar-refractivity contribution in [1.82, 2.24) is 15.4 Å². The number of nitrogens with one attached hydrogen (secondary N) is 3. The molecule has 1 rings (SSSR count). The van der Waals surface area contributed by atoms with Gasteiger partial charge in [0.25, 0.3) is 0 Å². The molecule has 8 heteroatoms. The molecule has 1 aromatic carbocycles. The Morgan fingerprint density at radius 3 is 2.48 bits per heavy atom. The number of rotatable bonds is 11. The van der Waals surface area contributed by atoms with E-state index < -0.39 is 10.0 Å². The van der Waals surface area contributed by atoms with Crippen molar-refractivity contribution >= 4 is 16.0 Å². The van der Waals surface area contributed by atoms with Crippen LogP contribution in [0.15, 0.2) is 35.3 Å². The van der Waals surface area contributed by atoms with Crippen LogP contribution in [0, 0.1) is 0 Å². The number of hydrogen-bond acceptors (Lipinski definition) is 4. The number of nitrogens with zero attached hydrogens (tertiary/aromatic N) is 1. The van der Waals surface area contributed by atoms with Gasteiger partial charge in [0.15, 0.2) is 5.96 Å². The smallest absolute Gasteiger partial charge is 0.211 e. The first-order valence-corrected chi connectivity index (χ1v) is 10.3. The fourth-order valence-corrected chi connectivity index (χ4v) is 2.82. The topological polar surface area (TPSA) is 103 Å². The minimum Gasteiger partial charge on any atom is -0.396 e. The fourth-order valence-electron chi connectivity index (χ4n) is 2.16. The maximum Gasteiger partial charge on any atom is 0.211 e. The number of benzene rings is 1. The van der Waals surface area contributed by atoms with Crippen LogP contribution in [0.2, 0.25) is 0 Å². The van der Waals surface area contributed by atoms with E-state index in [1.54, 1.807) is 6.92 Å². The first kappa shape index (κ1) is 21.4. The summed E-state index contributed by atoms with van der Waals surface area (Å²) < 4.78 is 25.2. The van der Waals surface area contributed by atoms with E-state index in [0.717, 1.165) is 12.1 Å². The maximum absolute atomic E-state index is 11.4. The van der Waals surface area contributed by atoms with E-state index in [2.05, 4.69) is 20.3 Å². The molecule has 0 aliphatic heterocycles. The van der Waals surface area contributed by atoms with Crippen LogP contribution >= 0.6 is 0 Å². The van der Waals surface area contributed by atoms with Crippen LogP contribution in [0.25, 0.3) is 0 Å². The van der Waals surface area contributed by atoms with Crippen LogP contribution in [0.5, 0.6) is 0 Å². The molecule has 7 nitrogen and oxygen atoms in total. The Labute approximate surface area is 151 Å². The Balaban J connectivity index is 2.47. The van der Waals surface area contributed by atoms with Crippen LogP contribution < -0.4 is 15.4 Å². The molecule has 25 heavy (non-hydrogen) atoms. The quantitative estimate of drug-likeness (QED) is 0.260. The molecule has 4 N–H and O–H groups in total. The zero-order valence-corrected chi connectivity index (χ0v) is 15.8. The van der Waals surface area contributed by atoms with Gasteiger partial charge in [0.05, 0.1) is 18.9 Å². The Morgan fingerprint density at radius 1 is 1.16 bits per heavy atom. The molecule has 0 heterocycles. The molecule has 0 spiro atoms. The van der Waals surface area contributed by atoms with Crippen LogP contribution in [0.1, 0.15) is 31.7 Å². The summed E-state index contributed by atoms with van der Waals surface area (Å²) in [6, 6.07) is 9.80. The lowest BCUT2D eigenvalue weighted by Gasteiger charge is -2.15. The van der Waals surface area contributed by atoms with Gasteiger partial charge < -0.3 is 15.7 Å². The Bertz CT molecular complexity index is 606. The van der Waals surface area contributed by atoms with Crippen molar-refractivity contribution in [1.29, 1.82) is 0 Å². The zero-order valence-electron chi connectivity index (χ0n) is 15.0. The van der Waals surface area contributed by atoms with Crippen LogP contribution in [0.3, 0.4) is 0 Å². The van der Waals surface area contributed by atoms with Crippen molar-refractivity contribution in [3.8, 4) is 0 Å². The molecule has 1 aromatic rings. The maximum atomic E-state index is 11.4. The molecular weight excluding hydrogens is 340 g/mol. The van der Waals surface area contributed by atoms with Crippen LogP contribution in [-0.2, 0) is 10.0 Å². The van der Waals surface area contributed by atoms with Gasteiger partial charge in [-0.1, -0.05) is 30.3 Å². The predicted molar refractivity (Wildman–Crippen MR) is 102 cm³/mol. The van der Waals surface area contributed by atoms with Gasteiger partial charge in [0.2, 0.25) is 10.0 Å². The van der Waals surface area contributed by atoms with Crippen LogP contribution in [-0.4, -0.2) is 58.0 Å². The highest BCUT2D eigenvalue weighted by Crippen LogP contribution is 2.14. The summed E-state index contributed by atoms with van der Waals surface area (Å²) in [5, 5.41) is 15.9. The average Bonchev–Trinajstić information content (AvgIpc) is 2.62. The second-order valence-corrected chi connectivity index (χ2v) is 7.68. The fraction of sp³-hybridized carbons (Fsp3) is 0.588. The second-order valence-electron chi connectivity index (χ2n) is 5.59. The van der Waals surface area contributed by atoms with Gasteiger partial charge in [-0.2, -0.15) is 0 Å². The first-order chi connectivity index (χ1) is 12.0. The van der Waals surface area contributed by atoms with Crippen LogP contribution in [0.4, 0.5) is 0 Å². The number of sulfonamides is 1. The number of guanidine groups is 1. The lowest BCUT2D eigenvalue weighted by Crippen LogP contribution is -2.39. The Hall–Kier alpha value is -1.64. The molecule has 0 fully saturated rings. The molecule has 0 radical (unpaired) electrons. The number of aliphatic imine (C=N–C) groups is 1. The monoisotopic (exact) mass is 370 g/mol. The third kappa shape index (κ3) is 8.85. The highest BCUT2D eigenvalue weighted by molar-refractivity contribution is 7.89. The van der Waals surface area contributed by atoms with Gasteiger partial charge in [0.1, 0.15) is 0 Å². The predicted octanol–water partition coefficient (Wildman–Crippen LogP) is 0.647. The lowest BCUT2D eigenvalue weighted by molar-refractivity contribution is 0.268. The Kier molecular flexibility index (Phi) is 10.1. The molecule has 0 aliphatic carbocycles. The molecule has 0 amide bonds. The minimum absolute atomic E-state index is 0.0334. The largest absolute Gasteiger partial charge is 0.396 e. The third-order valence-electron chi connectivity index (χ3n) is 3.65. The molecule has 0 aliphatic rings. The summed E-state index contributed by atoms with van der Waals surface area (Å²) in [7, 11) is -3.14. The summed E-state index contributed by atoms with van der Waals surface area (Å²) >= 11 is 0. The number of aliphatic hydroxyl groups is 1. The van der Waals surface area contributed by atoms with Crippen molar-refractivity contribution in [2.75, 3.05) is 38.5 Å². The molecule has 0 aromatic heterocycles. The summed E-state index contributed by atoms with van der Waals surface area (Å²) in [5.74, 6) is 0.704. The Morgan fingerprint density at radius 2 is 1.88 bits per heavy atom. The highest BCUT2D eigenvalue weighted by atomic mass is 32.2. The standard InChI is InChI=1S/C17H30N4O3S/c1-3-18-17(19-11-8-12-21-25(23,24)4-2)20-13-16(14-22)15-9-6-5-7-10-15/h5-7,9-10,16,21-22H,3-4,8,11-14H2,1-2H3,(H2,18,19,20). The molecule has 0 bridgehead atoms. The second kappa shape index (κ2) is 11.8.